The summed E-state index contributed by atoms with van der Waals surface area (Å²) in [5.41, 5.74) is 5.42. The third-order valence-electron chi connectivity index (χ3n) is 6.92. The summed E-state index contributed by atoms with van der Waals surface area (Å²) in [5, 5.41) is 0.780. The van der Waals surface area contributed by atoms with Gasteiger partial charge in [-0.3, -0.25) is 0 Å². The molecule has 2 unspecified atom stereocenters. The largest absolute Gasteiger partial charge is 0.497 e. The second-order valence-corrected chi connectivity index (χ2v) is 9.12. The molecule has 3 nitrogen and oxygen atoms in total. The average Bonchev–Trinajstić information content (AvgIpc) is 2.86. The molecule has 0 radical (unpaired) electrons. The number of fused-ring (bicyclic) bond motifs is 1. The van der Waals surface area contributed by atoms with E-state index in [0.29, 0.717) is 12.5 Å². The summed E-state index contributed by atoms with van der Waals surface area (Å²) in [7, 11) is 1.73. The van der Waals surface area contributed by atoms with E-state index in [1.165, 1.54) is 22.3 Å². The van der Waals surface area contributed by atoms with E-state index < -0.39 is 0 Å². The van der Waals surface area contributed by atoms with Gasteiger partial charge in [-0.15, -0.1) is 0 Å². The van der Waals surface area contributed by atoms with Crippen LogP contribution in [0.4, 0.5) is 0 Å². The van der Waals surface area contributed by atoms with Crippen molar-refractivity contribution in [3.8, 4) is 11.5 Å². The summed E-state index contributed by atoms with van der Waals surface area (Å²) in [6.45, 7) is 8.14. The van der Waals surface area contributed by atoms with Crippen molar-refractivity contribution in [2.75, 3.05) is 33.4 Å². The van der Waals surface area contributed by atoms with Crippen LogP contribution in [0.25, 0.3) is 0 Å². The van der Waals surface area contributed by atoms with Crippen LogP contribution in [0.15, 0.2) is 66.7 Å². The summed E-state index contributed by atoms with van der Waals surface area (Å²) in [5.74, 6) is 2.54. The van der Waals surface area contributed by atoms with Gasteiger partial charge in [-0.05, 0) is 90.5 Å². The van der Waals surface area contributed by atoms with E-state index in [1.807, 2.05) is 12.1 Å². The van der Waals surface area contributed by atoms with Gasteiger partial charge in [-0.1, -0.05) is 55.8 Å². The predicted octanol–water partition coefficient (Wildman–Crippen LogP) is 6.93. The molecule has 0 spiro atoms. The molecule has 0 bridgehead atoms. The number of hydrogen-bond donors (Lipinski definition) is 0. The van der Waals surface area contributed by atoms with Crippen LogP contribution in [0, 0.1) is 0 Å². The minimum absolute atomic E-state index is 0.283. The Labute approximate surface area is 203 Å². The molecule has 0 saturated carbocycles. The van der Waals surface area contributed by atoms with E-state index in [-0.39, 0.29) is 5.92 Å². The SMILES string of the molecule is CCN(CC)CCOc1ccc(C2c3ccc(OC)cc3CCC2c2ccc(Cl)cc2)cc1. The van der Waals surface area contributed by atoms with Gasteiger partial charge in [-0.2, -0.15) is 0 Å². The fourth-order valence-corrected chi connectivity index (χ4v) is 5.13. The van der Waals surface area contributed by atoms with Crippen LogP contribution >= 0.6 is 11.6 Å². The molecular weight excluding hydrogens is 430 g/mol. The number of halogens is 1. The molecule has 0 heterocycles. The van der Waals surface area contributed by atoms with Crippen molar-refractivity contribution >= 4 is 11.6 Å². The Morgan fingerprint density at radius 2 is 1.55 bits per heavy atom. The summed E-state index contributed by atoms with van der Waals surface area (Å²) in [6, 6.07) is 23.6. The quantitative estimate of drug-likeness (QED) is 0.343. The van der Waals surface area contributed by atoms with Gasteiger partial charge in [0.1, 0.15) is 18.1 Å². The molecule has 0 amide bonds. The van der Waals surface area contributed by atoms with E-state index in [0.717, 1.165) is 49.0 Å². The highest BCUT2D eigenvalue weighted by Gasteiger charge is 2.32. The Bertz CT molecular complexity index is 1030. The van der Waals surface area contributed by atoms with Crippen molar-refractivity contribution in [3.63, 3.8) is 0 Å². The van der Waals surface area contributed by atoms with E-state index in [2.05, 4.69) is 73.3 Å². The molecule has 0 aromatic heterocycles. The molecule has 3 aromatic carbocycles. The first kappa shape index (κ1) is 23.7. The van der Waals surface area contributed by atoms with Gasteiger partial charge in [0.15, 0.2) is 0 Å². The van der Waals surface area contributed by atoms with Gasteiger partial charge in [0, 0.05) is 17.5 Å². The van der Waals surface area contributed by atoms with Crippen LogP contribution in [-0.2, 0) is 6.42 Å². The van der Waals surface area contributed by atoms with Gasteiger partial charge in [0.2, 0.25) is 0 Å². The van der Waals surface area contributed by atoms with Crippen molar-refractivity contribution in [2.45, 2.75) is 38.5 Å². The fourth-order valence-electron chi connectivity index (χ4n) is 5.01. The molecule has 1 aliphatic carbocycles. The summed E-state index contributed by atoms with van der Waals surface area (Å²) in [6.07, 6.45) is 2.14. The van der Waals surface area contributed by atoms with Crippen molar-refractivity contribution in [1.82, 2.24) is 4.90 Å². The van der Waals surface area contributed by atoms with Gasteiger partial charge < -0.3 is 14.4 Å². The maximum atomic E-state index is 6.18. The van der Waals surface area contributed by atoms with E-state index >= 15 is 0 Å². The molecule has 33 heavy (non-hydrogen) atoms. The number of benzene rings is 3. The van der Waals surface area contributed by atoms with E-state index in [1.54, 1.807) is 7.11 Å². The van der Waals surface area contributed by atoms with E-state index in [4.69, 9.17) is 21.1 Å². The Kier molecular flexibility index (Phi) is 7.95. The highest BCUT2D eigenvalue weighted by atomic mass is 35.5. The molecule has 4 rings (SSSR count). The lowest BCUT2D eigenvalue weighted by Gasteiger charge is -2.35. The van der Waals surface area contributed by atoms with Crippen molar-refractivity contribution in [2.24, 2.45) is 0 Å². The number of rotatable bonds is 9. The van der Waals surface area contributed by atoms with Crippen LogP contribution < -0.4 is 9.47 Å². The standard InChI is InChI=1S/C29H34ClNO2/c1-4-31(5-2)18-19-33-25-13-8-22(9-14-25)29-27(21-6-11-24(30)12-7-21)16-10-23-20-26(32-3)15-17-28(23)29/h6-9,11-15,17,20,27,29H,4-5,10,16,18-19H2,1-3H3. The summed E-state index contributed by atoms with van der Waals surface area (Å²) < 4.78 is 11.5. The van der Waals surface area contributed by atoms with Crippen molar-refractivity contribution in [1.29, 1.82) is 0 Å². The number of aryl methyl sites for hydroxylation is 1. The van der Waals surface area contributed by atoms with Crippen LogP contribution in [-0.4, -0.2) is 38.3 Å². The fraction of sp³-hybridized carbons (Fsp3) is 0.379. The van der Waals surface area contributed by atoms with Gasteiger partial charge >= 0.3 is 0 Å². The van der Waals surface area contributed by atoms with Gasteiger partial charge in [0.25, 0.3) is 0 Å². The zero-order chi connectivity index (χ0) is 23.2. The Morgan fingerprint density at radius 3 is 2.21 bits per heavy atom. The first-order valence-corrected chi connectivity index (χ1v) is 12.4. The van der Waals surface area contributed by atoms with Crippen LogP contribution in [0.2, 0.25) is 5.02 Å². The molecule has 3 aromatic rings. The first-order valence-electron chi connectivity index (χ1n) is 12.0. The number of methoxy groups -OCH3 is 1. The third-order valence-corrected chi connectivity index (χ3v) is 7.17. The maximum Gasteiger partial charge on any atom is 0.119 e. The van der Waals surface area contributed by atoms with Gasteiger partial charge in [-0.25, -0.2) is 0 Å². The number of likely N-dealkylation sites (N-methyl/N-ethyl adjacent to an activating group) is 1. The summed E-state index contributed by atoms with van der Waals surface area (Å²) in [4.78, 5) is 2.37. The normalized spacial score (nSPS) is 17.6. The predicted molar refractivity (Wildman–Crippen MR) is 137 cm³/mol. The molecule has 0 saturated heterocycles. The Morgan fingerprint density at radius 1 is 0.879 bits per heavy atom. The summed E-state index contributed by atoms with van der Waals surface area (Å²) >= 11 is 6.18. The minimum Gasteiger partial charge on any atom is -0.497 e. The Hall–Kier alpha value is -2.49. The number of nitrogens with zero attached hydrogens (tertiary/aromatic N) is 1. The molecule has 0 aliphatic heterocycles. The lowest BCUT2D eigenvalue weighted by atomic mass is 9.69. The molecule has 0 fully saturated rings. The minimum atomic E-state index is 0.283. The molecule has 0 N–H and O–H groups in total. The van der Waals surface area contributed by atoms with Gasteiger partial charge in [0.05, 0.1) is 7.11 Å². The zero-order valence-corrected chi connectivity index (χ0v) is 20.6. The van der Waals surface area contributed by atoms with Crippen LogP contribution in [0.1, 0.15) is 54.4 Å². The lowest BCUT2D eigenvalue weighted by Crippen LogP contribution is -2.27. The monoisotopic (exact) mass is 463 g/mol. The zero-order valence-electron chi connectivity index (χ0n) is 19.9. The molecular formula is C29H34ClNO2. The number of hydrogen-bond acceptors (Lipinski definition) is 3. The average molecular weight is 464 g/mol. The number of ether oxygens (including phenoxy) is 2. The highest BCUT2D eigenvalue weighted by molar-refractivity contribution is 6.30. The molecule has 4 heteroatoms. The van der Waals surface area contributed by atoms with Crippen molar-refractivity contribution in [3.05, 3.63) is 94.0 Å². The van der Waals surface area contributed by atoms with Crippen molar-refractivity contribution < 1.29 is 9.47 Å². The topological polar surface area (TPSA) is 21.7 Å². The first-order chi connectivity index (χ1) is 16.1. The van der Waals surface area contributed by atoms with Crippen LogP contribution in [0.3, 0.4) is 0 Å². The molecule has 174 valence electrons. The lowest BCUT2D eigenvalue weighted by molar-refractivity contribution is 0.223. The second kappa shape index (κ2) is 11.1. The smallest absolute Gasteiger partial charge is 0.119 e. The molecule has 2 atom stereocenters. The second-order valence-electron chi connectivity index (χ2n) is 8.68. The van der Waals surface area contributed by atoms with Crippen LogP contribution in [0.5, 0.6) is 11.5 Å². The van der Waals surface area contributed by atoms with E-state index in [9.17, 15) is 0 Å². The Balaban J connectivity index is 1.61. The maximum absolute atomic E-state index is 6.18. The highest BCUT2D eigenvalue weighted by Crippen LogP contribution is 2.47. The molecule has 1 aliphatic rings. The third kappa shape index (κ3) is 5.54.